The number of amides is 1. The molecule has 0 saturated heterocycles. The summed E-state index contributed by atoms with van der Waals surface area (Å²) < 4.78 is 0. The van der Waals surface area contributed by atoms with Gasteiger partial charge in [0.05, 0.1) is 0 Å². The fourth-order valence-electron chi connectivity index (χ4n) is 2.77. The Morgan fingerprint density at radius 3 is 2.62 bits per heavy atom. The van der Waals surface area contributed by atoms with Gasteiger partial charge in [-0.2, -0.15) is 0 Å². The largest absolute Gasteiger partial charge is 0.504 e. The first kappa shape index (κ1) is 17.3. The predicted octanol–water partition coefficient (Wildman–Crippen LogP) is 1.76. The number of aromatic hydroxyl groups is 2. The highest BCUT2D eigenvalue weighted by Crippen LogP contribution is 2.26. The maximum Gasteiger partial charge on any atom is 0.326 e. The van der Waals surface area contributed by atoms with Crippen LogP contribution in [-0.4, -0.2) is 33.2 Å². The monoisotopic (exact) mass is 354 g/mol. The first-order chi connectivity index (χ1) is 12.4. The van der Waals surface area contributed by atoms with E-state index in [-0.39, 0.29) is 24.3 Å². The summed E-state index contributed by atoms with van der Waals surface area (Å²) in [7, 11) is 0. The fourth-order valence-corrected chi connectivity index (χ4v) is 2.77. The SMILES string of the molecule is O=C1N[C@@H](C(=O)O)Cc2ccccc2NC=C1Cc1ccc(O)c(O)c1. The number of hydrogen-bond donors (Lipinski definition) is 5. The molecule has 0 radical (unpaired) electrons. The molecule has 2 aromatic carbocycles. The third kappa shape index (κ3) is 3.77. The van der Waals surface area contributed by atoms with Gasteiger partial charge < -0.3 is 26.0 Å². The molecule has 1 aliphatic heterocycles. The van der Waals surface area contributed by atoms with Crippen molar-refractivity contribution in [2.45, 2.75) is 18.9 Å². The van der Waals surface area contributed by atoms with Gasteiger partial charge in [0, 0.05) is 30.3 Å². The van der Waals surface area contributed by atoms with Gasteiger partial charge in [0.15, 0.2) is 11.5 Å². The van der Waals surface area contributed by atoms with E-state index in [1.165, 1.54) is 18.3 Å². The number of benzene rings is 2. The summed E-state index contributed by atoms with van der Waals surface area (Å²) >= 11 is 0. The van der Waals surface area contributed by atoms with Crippen molar-refractivity contribution in [3.8, 4) is 11.5 Å². The van der Waals surface area contributed by atoms with Crippen LogP contribution in [0.3, 0.4) is 0 Å². The van der Waals surface area contributed by atoms with E-state index in [4.69, 9.17) is 0 Å². The molecular formula is C19H18N2O5. The number of carbonyl (C=O) groups is 2. The van der Waals surface area contributed by atoms with Crippen LogP contribution < -0.4 is 10.6 Å². The zero-order chi connectivity index (χ0) is 18.7. The zero-order valence-corrected chi connectivity index (χ0v) is 13.8. The summed E-state index contributed by atoms with van der Waals surface area (Å²) in [6.45, 7) is 0. The van der Waals surface area contributed by atoms with E-state index in [2.05, 4.69) is 10.6 Å². The molecule has 2 aromatic rings. The van der Waals surface area contributed by atoms with E-state index >= 15 is 0 Å². The number of carboxylic acids is 1. The molecule has 0 aromatic heterocycles. The molecule has 26 heavy (non-hydrogen) atoms. The molecule has 0 bridgehead atoms. The first-order valence-electron chi connectivity index (χ1n) is 8.02. The Balaban J connectivity index is 1.94. The van der Waals surface area contributed by atoms with Crippen molar-refractivity contribution in [1.82, 2.24) is 5.32 Å². The van der Waals surface area contributed by atoms with E-state index < -0.39 is 17.9 Å². The summed E-state index contributed by atoms with van der Waals surface area (Å²) in [5.74, 6) is -2.16. The minimum Gasteiger partial charge on any atom is -0.504 e. The second-order valence-corrected chi connectivity index (χ2v) is 6.04. The lowest BCUT2D eigenvalue weighted by molar-refractivity contribution is -0.141. The van der Waals surface area contributed by atoms with Gasteiger partial charge in [-0.3, -0.25) is 4.79 Å². The molecular weight excluding hydrogens is 336 g/mol. The summed E-state index contributed by atoms with van der Waals surface area (Å²) in [5, 5.41) is 34.0. The molecule has 7 nitrogen and oxygen atoms in total. The Morgan fingerprint density at radius 2 is 1.88 bits per heavy atom. The average Bonchev–Trinajstić information content (AvgIpc) is 2.67. The van der Waals surface area contributed by atoms with Gasteiger partial charge in [-0.15, -0.1) is 0 Å². The normalized spacial score (nSPS) is 16.8. The van der Waals surface area contributed by atoms with Gasteiger partial charge in [0.1, 0.15) is 6.04 Å². The molecule has 0 unspecified atom stereocenters. The van der Waals surface area contributed by atoms with E-state index in [9.17, 15) is 24.9 Å². The lowest BCUT2D eigenvalue weighted by Gasteiger charge is -2.15. The van der Waals surface area contributed by atoms with Crippen LogP contribution in [0.5, 0.6) is 11.5 Å². The Morgan fingerprint density at radius 1 is 1.12 bits per heavy atom. The number of phenolic OH excluding ortho intramolecular Hbond substituents is 2. The van der Waals surface area contributed by atoms with Gasteiger partial charge in [0.2, 0.25) is 5.91 Å². The van der Waals surface area contributed by atoms with Gasteiger partial charge >= 0.3 is 5.97 Å². The van der Waals surface area contributed by atoms with E-state index in [1.807, 2.05) is 18.2 Å². The Kier molecular flexibility index (Phi) is 4.79. The molecule has 7 heteroatoms. The van der Waals surface area contributed by atoms with E-state index in [0.717, 1.165) is 11.3 Å². The van der Waals surface area contributed by atoms with Crippen molar-refractivity contribution >= 4 is 17.6 Å². The molecule has 3 rings (SSSR count). The molecule has 0 saturated carbocycles. The van der Waals surface area contributed by atoms with Crippen LogP contribution in [0, 0.1) is 0 Å². The van der Waals surface area contributed by atoms with Crippen LogP contribution >= 0.6 is 0 Å². The molecule has 1 atom stereocenters. The summed E-state index contributed by atoms with van der Waals surface area (Å²) in [5.41, 5.74) is 2.40. The van der Waals surface area contributed by atoms with Crippen molar-refractivity contribution in [3.05, 3.63) is 65.4 Å². The maximum absolute atomic E-state index is 12.5. The molecule has 1 aliphatic rings. The highest BCUT2D eigenvalue weighted by molar-refractivity contribution is 5.97. The minimum atomic E-state index is -1.11. The number of carboxylic acid groups (broad SMARTS) is 1. The highest BCUT2D eigenvalue weighted by atomic mass is 16.4. The lowest BCUT2D eigenvalue weighted by atomic mass is 10.0. The van der Waals surface area contributed by atoms with Crippen LogP contribution in [0.1, 0.15) is 11.1 Å². The number of fused-ring (bicyclic) bond motifs is 1. The van der Waals surface area contributed by atoms with Gasteiger partial charge in [0.25, 0.3) is 0 Å². The first-order valence-corrected chi connectivity index (χ1v) is 8.02. The van der Waals surface area contributed by atoms with Crippen molar-refractivity contribution in [1.29, 1.82) is 0 Å². The predicted molar refractivity (Wildman–Crippen MR) is 94.9 cm³/mol. The van der Waals surface area contributed by atoms with Crippen LogP contribution in [0.4, 0.5) is 5.69 Å². The van der Waals surface area contributed by atoms with Crippen LogP contribution in [0.25, 0.3) is 0 Å². The fraction of sp³-hybridized carbons (Fsp3) is 0.158. The third-order valence-electron chi connectivity index (χ3n) is 4.17. The van der Waals surface area contributed by atoms with Crippen molar-refractivity contribution < 1.29 is 24.9 Å². The zero-order valence-electron chi connectivity index (χ0n) is 13.8. The number of phenols is 2. The summed E-state index contributed by atoms with van der Waals surface area (Å²) in [6.07, 6.45) is 1.84. The molecule has 5 N–H and O–H groups in total. The van der Waals surface area contributed by atoms with Crippen molar-refractivity contribution in [2.24, 2.45) is 0 Å². The van der Waals surface area contributed by atoms with E-state index in [1.54, 1.807) is 12.1 Å². The minimum absolute atomic E-state index is 0.154. The van der Waals surface area contributed by atoms with Crippen LogP contribution in [-0.2, 0) is 22.4 Å². The third-order valence-corrected chi connectivity index (χ3v) is 4.17. The Hall–Kier alpha value is -3.48. The number of carbonyl (C=O) groups excluding carboxylic acids is 1. The summed E-state index contributed by atoms with van der Waals surface area (Å²) in [6, 6.07) is 10.5. The maximum atomic E-state index is 12.5. The van der Waals surface area contributed by atoms with Gasteiger partial charge in [-0.05, 0) is 29.3 Å². The van der Waals surface area contributed by atoms with E-state index in [0.29, 0.717) is 11.1 Å². The average molecular weight is 354 g/mol. The number of aliphatic carboxylic acids is 1. The molecule has 134 valence electrons. The molecule has 1 heterocycles. The van der Waals surface area contributed by atoms with Gasteiger partial charge in [-0.1, -0.05) is 24.3 Å². The highest BCUT2D eigenvalue weighted by Gasteiger charge is 2.24. The molecule has 0 aliphatic carbocycles. The Bertz CT molecular complexity index is 891. The van der Waals surface area contributed by atoms with Crippen LogP contribution in [0.15, 0.2) is 54.2 Å². The van der Waals surface area contributed by atoms with Crippen molar-refractivity contribution in [3.63, 3.8) is 0 Å². The molecule has 0 spiro atoms. The van der Waals surface area contributed by atoms with Crippen LogP contribution in [0.2, 0.25) is 0 Å². The van der Waals surface area contributed by atoms with Crippen molar-refractivity contribution in [2.75, 3.05) is 5.32 Å². The number of nitrogens with one attached hydrogen (secondary N) is 2. The quantitative estimate of drug-likeness (QED) is 0.536. The smallest absolute Gasteiger partial charge is 0.326 e. The topological polar surface area (TPSA) is 119 Å². The molecule has 1 amide bonds. The number of anilines is 1. The number of hydrogen-bond acceptors (Lipinski definition) is 5. The summed E-state index contributed by atoms with van der Waals surface area (Å²) in [4.78, 5) is 24.1. The molecule has 0 fully saturated rings. The second kappa shape index (κ2) is 7.18. The lowest BCUT2D eigenvalue weighted by Crippen LogP contribution is -2.43. The van der Waals surface area contributed by atoms with Gasteiger partial charge in [-0.25, -0.2) is 4.79 Å². The Labute approximate surface area is 149 Å². The second-order valence-electron chi connectivity index (χ2n) is 6.04. The number of rotatable bonds is 3. The standard InChI is InChI=1S/C19H18N2O5/c22-16-6-5-11(8-17(16)23)7-13-10-20-14-4-2-1-3-12(14)9-15(19(25)26)21-18(13)24/h1-6,8,10,15,20,22-23H,7,9H2,(H,21,24)(H,25,26)/t15-/m1/s1. The number of para-hydroxylation sites is 1.